The number of nitrogens with one attached hydrogen (secondary N) is 1. The molecule has 0 aliphatic carbocycles. The highest BCUT2D eigenvalue weighted by Gasteiger charge is 2.33. The second kappa shape index (κ2) is 7.04. The van der Waals surface area contributed by atoms with Gasteiger partial charge < -0.3 is 20.1 Å². The van der Waals surface area contributed by atoms with Crippen molar-refractivity contribution in [1.29, 1.82) is 0 Å². The maximum Gasteiger partial charge on any atom is 0.323 e. The Labute approximate surface area is 127 Å². The van der Waals surface area contributed by atoms with Crippen molar-refractivity contribution in [2.75, 3.05) is 32.1 Å². The van der Waals surface area contributed by atoms with Gasteiger partial charge in [-0.2, -0.15) is 0 Å². The lowest BCUT2D eigenvalue weighted by Crippen LogP contribution is -2.42. The van der Waals surface area contributed by atoms with Crippen molar-refractivity contribution in [2.45, 2.75) is 12.3 Å². The second-order valence-corrected chi connectivity index (χ2v) is 5.04. The van der Waals surface area contributed by atoms with Crippen LogP contribution in [0.2, 0.25) is 0 Å². The predicted molar refractivity (Wildman–Crippen MR) is 78.5 cm³/mol. The molecule has 0 saturated heterocycles. The zero-order valence-electron chi connectivity index (χ0n) is 12.2. The van der Waals surface area contributed by atoms with E-state index in [4.69, 9.17) is 9.84 Å². The van der Waals surface area contributed by atoms with Crippen LogP contribution in [-0.2, 0) is 19.1 Å². The zero-order chi connectivity index (χ0) is 16.1. The maximum atomic E-state index is 12.7. The molecule has 0 aromatic heterocycles. The molecule has 2 rings (SSSR count). The van der Waals surface area contributed by atoms with Crippen LogP contribution in [0.25, 0.3) is 0 Å². The molecule has 0 spiro atoms. The molecule has 0 saturated carbocycles. The second-order valence-electron chi connectivity index (χ2n) is 5.04. The van der Waals surface area contributed by atoms with Crippen molar-refractivity contribution in [3.05, 3.63) is 29.8 Å². The van der Waals surface area contributed by atoms with Crippen LogP contribution in [0.4, 0.5) is 5.69 Å². The average molecular weight is 306 g/mol. The Morgan fingerprint density at radius 3 is 2.82 bits per heavy atom. The van der Waals surface area contributed by atoms with Crippen LogP contribution in [0, 0.1) is 0 Å². The fraction of sp³-hybridized carbons (Fsp3) is 0.400. The number of aliphatic carboxylic acids is 1. The number of carbonyl (C=O) groups excluding carboxylic acids is 2. The van der Waals surface area contributed by atoms with Gasteiger partial charge in [0.1, 0.15) is 6.54 Å². The molecule has 1 aromatic rings. The fourth-order valence-electron chi connectivity index (χ4n) is 2.48. The predicted octanol–water partition coefficient (Wildman–Crippen LogP) is 0.672. The van der Waals surface area contributed by atoms with Gasteiger partial charge in [0.15, 0.2) is 0 Å². The van der Waals surface area contributed by atoms with Crippen LogP contribution < -0.4 is 5.32 Å². The molecule has 0 unspecified atom stereocenters. The van der Waals surface area contributed by atoms with E-state index in [2.05, 4.69) is 5.32 Å². The zero-order valence-corrected chi connectivity index (χ0v) is 12.2. The highest BCUT2D eigenvalue weighted by molar-refractivity contribution is 6.01. The Bertz CT molecular complexity index is 587. The molecule has 0 fully saturated rings. The lowest BCUT2D eigenvalue weighted by atomic mass is 9.89. The SMILES string of the molecule is COCCN(CC(=O)O)C(=O)[C@H]1CC(=O)Nc2ccccc21. The lowest BCUT2D eigenvalue weighted by Gasteiger charge is -2.29. The van der Waals surface area contributed by atoms with E-state index in [0.717, 1.165) is 0 Å². The number of hydrogen-bond acceptors (Lipinski definition) is 4. The van der Waals surface area contributed by atoms with Gasteiger partial charge in [-0.05, 0) is 11.6 Å². The molecule has 1 aromatic carbocycles. The van der Waals surface area contributed by atoms with Crippen molar-refractivity contribution in [3.8, 4) is 0 Å². The van der Waals surface area contributed by atoms with Crippen LogP contribution >= 0.6 is 0 Å². The molecule has 0 radical (unpaired) electrons. The van der Waals surface area contributed by atoms with Gasteiger partial charge in [0.25, 0.3) is 0 Å². The minimum atomic E-state index is -1.10. The van der Waals surface area contributed by atoms with E-state index in [-0.39, 0.29) is 31.4 Å². The normalized spacial score (nSPS) is 16.6. The van der Waals surface area contributed by atoms with Gasteiger partial charge in [-0.15, -0.1) is 0 Å². The number of carboxylic acids is 1. The van der Waals surface area contributed by atoms with Crippen LogP contribution in [0.5, 0.6) is 0 Å². The van der Waals surface area contributed by atoms with E-state index in [9.17, 15) is 14.4 Å². The standard InChI is InChI=1S/C15H18N2O5/c1-22-7-6-17(9-14(19)20)15(21)11-8-13(18)16-12-5-3-2-4-10(11)12/h2-5,11H,6-9H2,1H3,(H,16,18)(H,19,20)/t11-/m0/s1. The topological polar surface area (TPSA) is 95.9 Å². The summed E-state index contributed by atoms with van der Waals surface area (Å²) in [5.41, 5.74) is 1.30. The molecule has 7 nitrogen and oxygen atoms in total. The Morgan fingerprint density at radius 1 is 1.41 bits per heavy atom. The fourth-order valence-corrected chi connectivity index (χ4v) is 2.48. The highest BCUT2D eigenvalue weighted by atomic mass is 16.5. The molecule has 1 heterocycles. The van der Waals surface area contributed by atoms with Gasteiger partial charge in [0.2, 0.25) is 11.8 Å². The molecule has 1 aliphatic rings. The Hall–Kier alpha value is -2.41. The summed E-state index contributed by atoms with van der Waals surface area (Å²) in [4.78, 5) is 36.6. The first kappa shape index (κ1) is 16.0. The average Bonchev–Trinajstić information content (AvgIpc) is 2.49. The summed E-state index contributed by atoms with van der Waals surface area (Å²) in [6.07, 6.45) is 0.0128. The number of carbonyl (C=O) groups is 3. The van der Waals surface area contributed by atoms with E-state index < -0.39 is 18.4 Å². The largest absolute Gasteiger partial charge is 0.480 e. The van der Waals surface area contributed by atoms with E-state index in [1.807, 2.05) is 0 Å². The number of rotatable bonds is 6. The van der Waals surface area contributed by atoms with Gasteiger partial charge in [-0.25, -0.2) is 0 Å². The Morgan fingerprint density at radius 2 is 2.14 bits per heavy atom. The van der Waals surface area contributed by atoms with Gasteiger partial charge in [-0.1, -0.05) is 18.2 Å². The summed E-state index contributed by atoms with van der Waals surface area (Å²) >= 11 is 0. The molecule has 22 heavy (non-hydrogen) atoms. The number of methoxy groups -OCH3 is 1. The van der Waals surface area contributed by atoms with Crippen molar-refractivity contribution >= 4 is 23.5 Å². The minimum Gasteiger partial charge on any atom is -0.480 e. The van der Waals surface area contributed by atoms with Crippen LogP contribution in [0.15, 0.2) is 24.3 Å². The van der Waals surface area contributed by atoms with Gasteiger partial charge >= 0.3 is 5.97 Å². The molecular weight excluding hydrogens is 288 g/mol. The molecule has 2 N–H and O–H groups in total. The molecule has 1 atom stereocenters. The third-order valence-corrected chi connectivity index (χ3v) is 3.50. The van der Waals surface area contributed by atoms with Gasteiger partial charge in [0.05, 0.1) is 12.5 Å². The molecule has 2 amide bonds. The number of fused-ring (bicyclic) bond motifs is 1. The van der Waals surface area contributed by atoms with Crippen LogP contribution in [0.3, 0.4) is 0 Å². The van der Waals surface area contributed by atoms with Gasteiger partial charge in [0, 0.05) is 25.8 Å². The monoisotopic (exact) mass is 306 g/mol. The quantitative estimate of drug-likeness (QED) is 0.805. The third kappa shape index (κ3) is 3.62. The van der Waals surface area contributed by atoms with Crippen LogP contribution in [-0.4, -0.2) is 54.6 Å². The smallest absolute Gasteiger partial charge is 0.323 e. The summed E-state index contributed by atoms with van der Waals surface area (Å²) < 4.78 is 4.92. The Kier molecular flexibility index (Phi) is 5.11. The van der Waals surface area contributed by atoms with E-state index >= 15 is 0 Å². The maximum absolute atomic E-state index is 12.7. The molecular formula is C15H18N2O5. The number of amides is 2. The molecule has 0 bridgehead atoms. The summed E-state index contributed by atoms with van der Waals surface area (Å²) in [5, 5.41) is 11.7. The summed E-state index contributed by atoms with van der Waals surface area (Å²) in [6.45, 7) is -0.00994. The number of anilines is 1. The summed E-state index contributed by atoms with van der Waals surface area (Å²) in [5.74, 6) is -2.39. The van der Waals surface area contributed by atoms with Crippen molar-refractivity contribution in [2.24, 2.45) is 0 Å². The number of hydrogen-bond donors (Lipinski definition) is 2. The summed E-state index contributed by atoms with van der Waals surface area (Å²) in [6, 6.07) is 7.05. The number of para-hydroxylation sites is 1. The minimum absolute atomic E-state index is 0.0128. The van der Waals surface area contributed by atoms with E-state index in [0.29, 0.717) is 11.3 Å². The first-order chi connectivity index (χ1) is 10.5. The van der Waals surface area contributed by atoms with Crippen LogP contribution in [0.1, 0.15) is 17.9 Å². The number of carboxylic acid groups (broad SMARTS) is 1. The molecule has 7 heteroatoms. The molecule has 118 valence electrons. The highest BCUT2D eigenvalue weighted by Crippen LogP contribution is 2.33. The van der Waals surface area contributed by atoms with E-state index in [1.165, 1.54) is 12.0 Å². The number of nitrogens with zero attached hydrogens (tertiary/aromatic N) is 1. The van der Waals surface area contributed by atoms with Gasteiger partial charge in [-0.3, -0.25) is 14.4 Å². The number of ether oxygens (including phenoxy) is 1. The molecule has 1 aliphatic heterocycles. The third-order valence-electron chi connectivity index (χ3n) is 3.50. The Balaban J connectivity index is 2.25. The lowest BCUT2D eigenvalue weighted by molar-refractivity contribution is -0.145. The van der Waals surface area contributed by atoms with Crippen molar-refractivity contribution in [3.63, 3.8) is 0 Å². The van der Waals surface area contributed by atoms with E-state index in [1.54, 1.807) is 24.3 Å². The van der Waals surface area contributed by atoms with Crippen molar-refractivity contribution in [1.82, 2.24) is 4.90 Å². The number of benzene rings is 1. The van der Waals surface area contributed by atoms with Crippen molar-refractivity contribution < 1.29 is 24.2 Å². The first-order valence-electron chi connectivity index (χ1n) is 6.91. The first-order valence-corrected chi connectivity index (χ1v) is 6.91. The summed E-state index contributed by atoms with van der Waals surface area (Å²) in [7, 11) is 1.48.